The van der Waals surface area contributed by atoms with Crippen LogP contribution < -0.4 is 10.9 Å². The molecular formula is C22H26N2O3. The summed E-state index contributed by atoms with van der Waals surface area (Å²) < 4.78 is 11.2. The zero-order valence-electron chi connectivity index (χ0n) is 16.0. The molecular weight excluding hydrogens is 340 g/mol. The standard InChI is InChI=1S/C22H26N2O3/c1-15-7-8-18-17(12-21(25)27-22(18)16(15)2)13-23-14-19(20-6-5-11-26-20)24-9-3-4-10-24/h5-8,11-12,19,23H,3-4,9-10,13-14H2,1-2H3/t19-/m0/s1. The molecule has 3 heterocycles. The summed E-state index contributed by atoms with van der Waals surface area (Å²) in [5.74, 6) is 0.994. The predicted octanol–water partition coefficient (Wildman–Crippen LogP) is 3.93. The molecule has 1 fully saturated rings. The normalized spacial score (nSPS) is 16.2. The van der Waals surface area contributed by atoms with Crippen LogP contribution >= 0.6 is 0 Å². The molecule has 4 rings (SSSR count). The Morgan fingerprint density at radius 1 is 1.19 bits per heavy atom. The highest BCUT2D eigenvalue weighted by Crippen LogP contribution is 2.26. The van der Waals surface area contributed by atoms with Gasteiger partial charge in [0.2, 0.25) is 0 Å². The van der Waals surface area contributed by atoms with Gasteiger partial charge in [-0.3, -0.25) is 4.90 Å². The molecule has 2 aromatic heterocycles. The van der Waals surface area contributed by atoms with Gasteiger partial charge in [0.25, 0.3) is 0 Å². The van der Waals surface area contributed by atoms with Gasteiger partial charge in [0.15, 0.2) is 0 Å². The molecule has 3 aromatic rings. The largest absolute Gasteiger partial charge is 0.468 e. The molecule has 142 valence electrons. The van der Waals surface area contributed by atoms with E-state index in [-0.39, 0.29) is 11.7 Å². The van der Waals surface area contributed by atoms with Crippen LogP contribution in [0.3, 0.4) is 0 Å². The van der Waals surface area contributed by atoms with E-state index < -0.39 is 0 Å². The van der Waals surface area contributed by atoms with Gasteiger partial charge in [0.05, 0.1) is 12.3 Å². The lowest BCUT2D eigenvalue weighted by Gasteiger charge is -2.26. The molecule has 0 amide bonds. The molecule has 5 heteroatoms. The molecule has 0 bridgehead atoms. The molecule has 1 saturated heterocycles. The van der Waals surface area contributed by atoms with Gasteiger partial charge < -0.3 is 14.2 Å². The highest BCUT2D eigenvalue weighted by Gasteiger charge is 2.25. The summed E-state index contributed by atoms with van der Waals surface area (Å²) in [5.41, 5.74) is 3.53. The van der Waals surface area contributed by atoms with Gasteiger partial charge in [-0.2, -0.15) is 0 Å². The van der Waals surface area contributed by atoms with Crippen molar-refractivity contribution in [2.75, 3.05) is 19.6 Å². The van der Waals surface area contributed by atoms with Crippen molar-refractivity contribution in [2.24, 2.45) is 0 Å². The smallest absolute Gasteiger partial charge is 0.336 e. The lowest BCUT2D eigenvalue weighted by Crippen LogP contribution is -2.33. The maximum Gasteiger partial charge on any atom is 0.336 e. The number of hydrogen-bond donors (Lipinski definition) is 1. The van der Waals surface area contributed by atoms with Crippen molar-refractivity contribution in [3.63, 3.8) is 0 Å². The van der Waals surface area contributed by atoms with Crippen molar-refractivity contribution in [1.82, 2.24) is 10.2 Å². The predicted molar refractivity (Wildman–Crippen MR) is 106 cm³/mol. The van der Waals surface area contributed by atoms with Gasteiger partial charge in [0.1, 0.15) is 11.3 Å². The van der Waals surface area contributed by atoms with Crippen LogP contribution in [0, 0.1) is 13.8 Å². The van der Waals surface area contributed by atoms with Gasteiger partial charge >= 0.3 is 5.63 Å². The van der Waals surface area contributed by atoms with Crippen LogP contribution in [-0.4, -0.2) is 24.5 Å². The van der Waals surface area contributed by atoms with Crippen molar-refractivity contribution >= 4 is 11.0 Å². The molecule has 0 saturated carbocycles. The van der Waals surface area contributed by atoms with Crippen LogP contribution in [0.5, 0.6) is 0 Å². The Balaban J connectivity index is 1.54. The monoisotopic (exact) mass is 366 g/mol. The fourth-order valence-electron chi connectivity index (χ4n) is 3.96. The number of rotatable bonds is 6. The first-order valence-corrected chi connectivity index (χ1v) is 9.64. The number of fused-ring (bicyclic) bond motifs is 1. The second-order valence-electron chi connectivity index (χ2n) is 7.38. The summed E-state index contributed by atoms with van der Waals surface area (Å²) in [7, 11) is 0. The lowest BCUT2D eigenvalue weighted by atomic mass is 10.0. The Bertz CT molecular complexity index is 969. The average Bonchev–Trinajstić information content (AvgIpc) is 3.36. The summed E-state index contributed by atoms with van der Waals surface area (Å²) in [6.45, 7) is 7.63. The molecule has 1 aliphatic rings. The number of nitrogens with zero attached hydrogens (tertiary/aromatic N) is 1. The van der Waals surface area contributed by atoms with E-state index in [4.69, 9.17) is 8.83 Å². The number of furan rings is 1. The molecule has 27 heavy (non-hydrogen) atoms. The minimum absolute atomic E-state index is 0.220. The molecule has 1 N–H and O–H groups in total. The first kappa shape index (κ1) is 18.0. The molecule has 1 aromatic carbocycles. The highest BCUT2D eigenvalue weighted by atomic mass is 16.4. The fourth-order valence-corrected chi connectivity index (χ4v) is 3.96. The summed E-state index contributed by atoms with van der Waals surface area (Å²) in [6.07, 6.45) is 4.21. The average molecular weight is 366 g/mol. The Morgan fingerprint density at radius 3 is 2.74 bits per heavy atom. The molecule has 0 unspecified atom stereocenters. The Morgan fingerprint density at radius 2 is 2.00 bits per heavy atom. The Hall–Kier alpha value is -2.37. The van der Waals surface area contributed by atoms with E-state index in [0.29, 0.717) is 12.1 Å². The van der Waals surface area contributed by atoms with Crippen LogP contribution in [0.15, 0.2) is 50.2 Å². The third kappa shape index (κ3) is 3.70. The zero-order valence-corrected chi connectivity index (χ0v) is 16.0. The second kappa shape index (κ2) is 7.71. The summed E-state index contributed by atoms with van der Waals surface area (Å²) in [5, 5.41) is 4.54. The van der Waals surface area contributed by atoms with Crippen molar-refractivity contribution in [2.45, 2.75) is 39.3 Å². The van der Waals surface area contributed by atoms with Gasteiger partial charge in [0, 0.05) is 24.5 Å². The van der Waals surface area contributed by atoms with Crippen LogP contribution in [0.4, 0.5) is 0 Å². The van der Waals surface area contributed by atoms with Crippen molar-refractivity contribution in [3.8, 4) is 0 Å². The van der Waals surface area contributed by atoms with E-state index in [1.165, 1.54) is 12.8 Å². The van der Waals surface area contributed by atoms with Crippen molar-refractivity contribution in [3.05, 3.63) is 69.5 Å². The maximum atomic E-state index is 12.0. The minimum Gasteiger partial charge on any atom is -0.468 e. The second-order valence-corrected chi connectivity index (χ2v) is 7.38. The third-order valence-corrected chi connectivity index (χ3v) is 5.62. The topological polar surface area (TPSA) is 58.6 Å². The number of aryl methyl sites for hydroxylation is 2. The molecule has 1 aliphatic heterocycles. The quantitative estimate of drug-likeness (QED) is 0.670. The van der Waals surface area contributed by atoms with Crippen LogP contribution in [0.1, 0.15) is 41.3 Å². The van der Waals surface area contributed by atoms with Gasteiger partial charge in [-0.15, -0.1) is 0 Å². The molecule has 5 nitrogen and oxygen atoms in total. The highest BCUT2D eigenvalue weighted by molar-refractivity contribution is 5.83. The summed E-state index contributed by atoms with van der Waals surface area (Å²) in [4.78, 5) is 14.5. The summed E-state index contributed by atoms with van der Waals surface area (Å²) in [6, 6.07) is 9.93. The lowest BCUT2D eigenvalue weighted by molar-refractivity contribution is 0.209. The van der Waals surface area contributed by atoms with E-state index in [2.05, 4.69) is 16.3 Å². The first-order valence-electron chi connectivity index (χ1n) is 9.64. The summed E-state index contributed by atoms with van der Waals surface area (Å²) >= 11 is 0. The SMILES string of the molecule is Cc1ccc2c(CNC[C@@H](c3ccco3)N3CCCC3)cc(=O)oc2c1C. The van der Waals surface area contributed by atoms with Crippen LogP contribution in [0.25, 0.3) is 11.0 Å². The van der Waals surface area contributed by atoms with Gasteiger partial charge in [-0.25, -0.2) is 4.79 Å². The number of likely N-dealkylation sites (tertiary alicyclic amines) is 1. The number of benzene rings is 1. The van der Waals surface area contributed by atoms with Gasteiger partial charge in [-0.1, -0.05) is 12.1 Å². The Kier molecular flexibility index (Phi) is 5.14. The van der Waals surface area contributed by atoms with E-state index in [1.807, 2.05) is 32.0 Å². The van der Waals surface area contributed by atoms with E-state index in [0.717, 1.165) is 47.5 Å². The Labute approximate surface area is 159 Å². The minimum atomic E-state index is -0.296. The number of nitrogens with one attached hydrogen (secondary N) is 1. The van der Waals surface area contributed by atoms with Crippen LogP contribution in [0.2, 0.25) is 0 Å². The van der Waals surface area contributed by atoms with E-state index >= 15 is 0 Å². The van der Waals surface area contributed by atoms with Crippen molar-refractivity contribution in [1.29, 1.82) is 0 Å². The number of hydrogen-bond acceptors (Lipinski definition) is 5. The molecule has 1 atom stereocenters. The zero-order chi connectivity index (χ0) is 18.8. The third-order valence-electron chi connectivity index (χ3n) is 5.62. The van der Waals surface area contributed by atoms with Crippen molar-refractivity contribution < 1.29 is 8.83 Å². The maximum absolute atomic E-state index is 12.0. The fraction of sp³-hybridized carbons (Fsp3) is 0.409. The van der Waals surface area contributed by atoms with E-state index in [1.54, 1.807) is 12.3 Å². The van der Waals surface area contributed by atoms with Gasteiger partial charge in [-0.05, 0) is 68.6 Å². The molecule has 0 spiro atoms. The molecule has 0 aliphatic carbocycles. The molecule has 0 radical (unpaired) electrons. The van der Waals surface area contributed by atoms with E-state index in [9.17, 15) is 4.79 Å². The van der Waals surface area contributed by atoms with Crippen LogP contribution in [-0.2, 0) is 6.54 Å². The first-order chi connectivity index (χ1) is 13.1.